The Bertz CT molecular complexity index is 893. The molecule has 0 aliphatic carbocycles. The molecule has 6 heteroatoms. The van der Waals surface area contributed by atoms with E-state index in [1.54, 1.807) is 4.68 Å². The van der Waals surface area contributed by atoms with Crippen molar-refractivity contribution < 1.29 is 8.78 Å². The average Bonchev–Trinajstić information content (AvgIpc) is 2.92. The lowest BCUT2D eigenvalue weighted by molar-refractivity contribution is 0.479. The molecule has 3 aromatic rings. The van der Waals surface area contributed by atoms with Crippen LogP contribution in [0.4, 0.5) is 14.5 Å². The Morgan fingerprint density at radius 3 is 2.52 bits per heavy atom. The zero-order valence-electron chi connectivity index (χ0n) is 14.0. The summed E-state index contributed by atoms with van der Waals surface area (Å²) in [6.07, 6.45) is 2.19. The van der Waals surface area contributed by atoms with Crippen LogP contribution in [0.3, 0.4) is 0 Å². The summed E-state index contributed by atoms with van der Waals surface area (Å²) in [4.78, 5) is 0. The van der Waals surface area contributed by atoms with Gasteiger partial charge in [-0.25, -0.2) is 8.78 Å². The second-order valence-corrected chi connectivity index (χ2v) is 6.53. The topological polar surface area (TPSA) is 41.9 Å². The first-order chi connectivity index (χ1) is 12.1. The fourth-order valence-corrected chi connectivity index (χ4v) is 3.45. The van der Waals surface area contributed by atoms with E-state index in [0.717, 1.165) is 48.6 Å². The summed E-state index contributed by atoms with van der Waals surface area (Å²) in [6, 6.07) is 9.97. The van der Waals surface area contributed by atoms with Crippen LogP contribution in [-0.2, 0) is 7.05 Å². The summed E-state index contributed by atoms with van der Waals surface area (Å²) < 4.78 is 28.9. The molecule has 4 rings (SSSR count). The number of nitrogens with zero attached hydrogens (tertiary/aromatic N) is 2. The first-order valence-corrected chi connectivity index (χ1v) is 8.50. The van der Waals surface area contributed by atoms with Gasteiger partial charge in [-0.3, -0.25) is 4.68 Å². The summed E-state index contributed by atoms with van der Waals surface area (Å²) in [6.45, 7) is 2.06. The number of piperidine rings is 1. The molecule has 1 fully saturated rings. The van der Waals surface area contributed by atoms with Gasteiger partial charge in [-0.05, 0) is 56.3 Å². The lowest BCUT2D eigenvalue weighted by Gasteiger charge is -2.24. The quantitative estimate of drug-likeness (QED) is 0.763. The Labute approximate surface area is 144 Å². The second kappa shape index (κ2) is 6.44. The number of hydrogen-bond acceptors (Lipinski definition) is 3. The molecule has 1 aromatic heterocycles. The second-order valence-electron chi connectivity index (χ2n) is 6.53. The Hall–Kier alpha value is -2.47. The Balaban J connectivity index is 1.71. The van der Waals surface area contributed by atoms with Crippen molar-refractivity contribution in [2.45, 2.75) is 18.9 Å². The molecule has 2 N–H and O–H groups in total. The van der Waals surface area contributed by atoms with Gasteiger partial charge in [0.05, 0.1) is 5.52 Å². The van der Waals surface area contributed by atoms with E-state index >= 15 is 0 Å². The molecule has 0 radical (unpaired) electrons. The molecular weight excluding hydrogens is 322 g/mol. The number of fused-ring (bicyclic) bond motifs is 1. The van der Waals surface area contributed by atoms with Gasteiger partial charge in [-0.15, -0.1) is 0 Å². The minimum Gasteiger partial charge on any atom is -0.382 e. The van der Waals surface area contributed by atoms with Gasteiger partial charge in [0.25, 0.3) is 0 Å². The number of anilines is 1. The zero-order chi connectivity index (χ0) is 17.4. The van der Waals surface area contributed by atoms with E-state index in [0.29, 0.717) is 17.3 Å². The van der Waals surface area contributed by atoms with E-state index in [1.165, 1.54) is 12.1 Å². The standard InChI is InChI=1S/C19H20F2N4/c1-25-18-11-16(23-15-4-6-22-7-5-15)2-3-17(18)19(24-25)12-8-13(20)10-14(21)9-12/h2-3,8-11,15,22-23H,4-7H2,1H3. The number of nitrogens with one attached hydrogen (secondary N) is 2. The van der Waals surface area contributed by atoms with Crippen LogP contribution in [-0.4, -0.2) is 28.9 Å². The third kappa shape index (κ3) is 3.22. The van der Waals surface area contributed by atoms with Gasteiger partial charge in [0.1, 0.15) is 17.3 Å². The van der Waals surface area contributed by atoms with Crippen molar-refractivity contribution in [3.05, 3.63) is 48.0 Å². The predicted octanol–water partition coefficient (Wildman–Crippen LogP) is 3.68. The van der Waals surface area contributed by atoms with Crippen molar-refractivity contribution in [3.8, 4) is 11.3 Å². The summed E-state index contributed by atoms with van der Waals surface area (Å²) in [5.41, 5.74) is 3.00. The number of aryl methyl sites for hydroxylation is 1. The van der Waals surface area contributed by atoms with Crippen LogP contribution >= 0.6 is 0 Å². The monoisotopic (exact) mass is 342 g/mol. The van der Waals surface area contributed by atoms with Crippen molar-refractivity contribution >= 4 is 16.6 Å². The van der Waals surface area contributed by atoms with Gasteiger partial charge in [0, 0.05) is 35.8 Å². The fraction of sp³-hybridized carbons (Fsp3) is 0.316. The molecule has 25 heavy (non-hydrogen) atoms. The SMILES string of the molecule is Cn1nc(-c2cc(F)cc(F)c2)c2ccc(NC3CCNCC3)cc21. The Morgan fingerprint density at radius 1 is 1.08 bits per heavy atom. The molecule has 1 aliphatic rings. The van der Waals surface area contributed by atoms with Gasteiger partial charge in [-0.1, -0.05) is 0 Å². The molecule has 0 saturated carbocycles. The van der Waals surface area contributed by atoms with Crippen LogP contribution in [0, 0.1) is 11.6 Å². The highest BCUT2D eigenvalue weighted by atomic mass is 19.1. The molecule has 1 aliphatic heterocycles. The summed E-state index contributed by atoms with van der Waals surface area (Å²) in [7, 11) is 1.84. The lowest BCUT2D eigenvalue weighted by atomic mass is 10.0. The van der Waals surface area contributed by atoms with E-state index in [4.69, 9.17) is 0 Å². The summed E-state index contributed by atoms with van der Waals surface area (Å²) >= 11 is 0. The molecule has 0 atom stereocenters. The predicted molar refractivity (Wildman–Crippen MR) is 95.6 cm³/mol. The van der Waals surface area contributed by atoms with Crippen LogP contribution in [0.25, 0.3) is 22.2 Å². The number of hydrogen-bond donors (Lipinski definition) is 2. The normalized spacial score (nSPS) is 15.6. The highest BCUT2D eigenvalue weighted by molar-refractivity contribution is 5.95. The Morgan fingerprint density at radius 2 is 1.80 bits per heavy atom. The first-order valence-electron chi connectivity index (χ1n) is 8.50. The van der Waals surface area contributed by atoms with Crippen LogP contribution in [0.2, 0.25) is 0 Å². The maximum absolute atomic E-state index is 13.6. The van der Waals surface area contributed by atoms with Crippen LogP contribution in [0.15, 0.2) is 36.4 Å². The molecule has 0 amide bonds. The molecular formula is C19H20F2N4. The molecule has 0 unspecified atom stereocenters. The molecule has 1 saturated heterocycles. The summed E-state index contributed by atoms with van der Waals surface area (Å²) in [5.74, 6) is -1.20. The van der Waals surface area contributed by atoms with E-state index in [2.05, 4.69) is 15.7 Å². The highest BCUT2D eigenvalue weighted by Crippen LogP contribution is 2.30. The first kappa shape index (κ1) is 16.0. The van der Waals surface area contributed by atoms with E-state index in [1.807, 2.05) is 25.2 Å². The maximum atomic E-state index is 13.6. The number of aromatic nitrogens is 2. The van der Waals surface area contributed by atoms with Gasteiger partial charge >= 0.3 is 0 Å². The van der Waals surface area contributed by atoms with Crippen molar-refractivity contribution in [2.75, 3.05) is 18.4 Å². The van der Waals surface area contributed by atoms with Crippen molar-refractivity contribution in [1.29, 1.82) is 0 Å². The largest absolute Gasteiger partial charge is 0.382 e. The third-order valence-corrected chi connectivity index (χ3v) is 4.70. The van der Waals surface area contributed by atoms with Crippen molar-refractivity contribution in [3.63, 3.8) is 0 Å². The minimum atomic E-state index is -0.599. The van der Waals surface area contributed by atoms with Crippen LogP contribution < -0.4 is 10.6 Å². The molecule has 130 valence electrons. The lowest BCUT2D eigenvalue weighted by Crippen LogP contribution is -2.35. The van der Waals surface area contributed by atoms with Gasteiger partial charge < -0.3 is 10.6 Å². The number of benzene rings is 2. The fourth-order valence-electron chi connectivity index (χ4n) is 3.45. The molecule has 0 spiro atoms. The van der Waals surface area contributed by atoms with Gasteiger partial charge in [0.15, 0.2) is 0 Å². The van der Waals surface area contributed by atoms with Gasteiger partial charge in [0.2, 0.25) is 0 Å². The number of rotatable bonds is 3. The third-order valence-electron chi connectivity index (χ3n) is 4.70. The maximum Gasteiger partial charge on any atom is 0.126 e. The van der Waals surface area contributed by atoms with E-state index < -0.39 is 11.6 Å². The minimum absolute atomic E-state index is 0.446. The smallest absolute Gasteiger partial charge is 0.126 e. The zero-order valence-corrected chi connectivity index (χ0v) is 14.0. The summed E-state index contributed by atoms with van der Waals surface area (Å²) in [5, 5.41) is 12.3. The van der Waals surface area contributed by atoms with E-state index in [-0.39, 0.29) is 0 Å². The molecule has 2 heterocycles. The number of halogens is 2. The van der Waals surface area contributed by atoms with Crippen molar-refractivity contribution in [1.82, 2.24) is 15.1 Å². The molecule has 2 aromatic carbocycles. The van der Waals surface area contributed by atoms with Crippen LogP contribution in [0.1, 0.15) is 12.8 Å². The van der Waals surface area contributed by atoms with Crippen LogP contribution in [0.5, 0.6) is 0 Å². The van der Waals surface area contributed by atoms with Gasteiger partial charge in [-0.2, -0.15) is 5.10 Å². The Kier molecular flexibility index (Phi) is 4.13. The molecule has 0 bridgehead atoms. The molecule has 4 nitrogen and oxygen atoms in total. The van der Waals surface area contributed by atoms with E-state index in [9.17, 15) is 8.78 Å². The van der Waals surface area contributed by atoms with Crippen molar-refractivity contribution in [2.24, 2.45) is 7.05 Å². The highest BCUT2D eigenvalue weighted by Gasteiger charge is 2.16. The average molecular weight is 342 g/mol.